The van der Waals surface area contributed by atoms with Gasteiger partial charge in [-0.1, -0.05) is 0 Å². The van der Waals surface area contributed by atoms with Gasteiger partial charge in [-0.15, -0.1) is 0 Å². The standard InChI is InChI=1S/C19H26N4O3S/c1-14-11-17(12-15(2)18(14)26-3)27(24,25)22-13-16-5-9-23(10-6-16)19-20-7-4-8-21-19/h4,7-8,11-12,16,22H,5-6,9-10,13H2,1-3H3. The maximum atomic E-state index is 12.7. The van der Waals surface area contributed by atoms with Gasteiger partial charge in [0.1, 0.15) is 5.75 Å². The lowest BCUT2D eigenvalue weighted by atomic mass is 9.97. The Morgan fingerprint density at radius 2 is 1.74 bits per heavy atom. The van der Waals surface area contributed by atoms with E-state index in [4.69, 9.17) is 4.74 Å². The number of aryl methyl sites for hydroxylation is 2. The lowest BCUT2D eigenvalue weighted by molar-refractivity contribution is 0.399. The summed E-state index contributed by atoms with van der Waals surface area (Å²) in [5.41, 5.74) is 1.63. The number of hydrogen-bond donors (Lipinski definition) is 1. The summed E-state index contributed by atoms with van der Waals surface area (Å²) in [6.07, 6.45) is 5.28. The van der Waals surface area contributed by atoms with Crippen molar-refractivity contribution in [2.45, 2.75) is 31.6 Å². The van der Waals surface area contributed by atoms with E-state index < -0.39 is 10.0 Å². The van der Waals surface area contributed by atoms with E-state index in [-0.39, 0.29) is 4.90 Å². The lowest BCUT2D eigenvalue weighted by Gasteiger charge is -2.31. The van der Waals surface area contributed by atoms with Gasteiger partial charge in [-0.25, -0.2) is 23.1 Å². The van der Waals surface area contributed by atoms with Crippen LogP contribution in [0.25, 0.3) is 0 Å². The molecule has 8 heteroatoms. The number of rotatable bonds is 6. The molecule has 1 saturated heterocycles. The zero-order valence-corrected chi connectivity index (χ0v) is 16.8. The number of aromatic nitrogens is 2. The largest absolute Gasteiger partial charge is 0.496 e. The second-order valence-corrected chi connectivity index (χ2v) is 8.69. The van der Waals surface area contributed by atoms with E-state index in [9.17, 15) is 8.42 Å². The highest BCUT2D eigenvalue weighted by molar-refractivity contribution is 7.89. The van der Waals surface area contributed by atoms with E-state index in [0.717, 1.165) is 48.8 Å². The first-order chi connectivity index (χ1) is 12.9. The molecule has 27 heavy (non-hydrogen) atoms. The molecule has 2 heterocycles. The number of ether oxygens (including phenoxy) is 1. The highest BCUT2D eigenvalue weighted by atomic mass is 32.2. The molecule has 2 aromatic rings. The second-order valence-electron chi connectivity index (χ2n) is 6.92. The fourth-order valence-corrected chi connectivity index (χ4v) is 4.78. The summed E-state index contributed by atoms with van der Waals surface area (Å²) < 4.78 is 33.5. The smallest absolute Gasteiger partial charge is 0.240 e. The van der Waals surface area contributed by atoms with Crippen LogP contribution in [-0.4, -0.2) is 45.1 Å². The third-order valence-electron chi connectivity index (χ3n) is 4.96. The molecule has 0 saturated carbocycles. The normalized spacial score (nSPS) is 15.7. The zero-order valence-electron chi connectivity index (χ0n) is 16.0. The van der Waals surface area contributed by atoms with E-state index in [1.54, 1.807) is 37.7 Å². The van der Waals surface area contributed by atoms with Crippen molar-refractivity contribution in [3.63, 3.8) is 0 Å². The van der Waals surface area contributed by atoms with E-state index in [0.29, 0.717) is 12.5 Å². The van der Waals surface area contributed by atoms with Crippen molar-refractivity contribution in [3.05, 3.63) is 41.7 Å². The fraction of sp³-hybridized carbons (Fsp3) is 0.474. The molecule has 0 aliphatic carbocycles. The number of methoxy groups -OCH3 is 1. The zero-order chi connectivity index (χ0) is 19.4. The first-order valence-corrected chi connectivity index (χ1v) is 10.6. The molecule has 146 valence electrons. The number of nitrogens with one attached hydrogen (secondary N) is 1. The SMILES string of the molecule is COc1c(C)cc(S(=O)(=O)NCC2CCN(c3ncccn3)CC2)cc1C. The van der Waals surface area contributed by atoms with Gasteiger partial charge in [-0.2, -0.15) is 0 Å². The summed E-state index contributed by atoms with van der Waals surface area (Å²) in [6, 6.07) is 5.11. The monoisotopic (exact) mass is 390 g/mol. The van der Waals surface area contributed by atoms with Crippen LogP contribution in [0, 0.1) is 19.8 Å². The number of piperidine rings is 1. The first kappa shape index (κ1) is 19.6. The fourth-order valence-electron chi connectivity index (χ4n) is 3.49. The van der Waals surface area contributed by atoms with Crippen LogP contribution in [0.1, 0.15) is 24.0 Å². The maximum absolute atomic E-state index is 12.7. The van der Waals surface area contributed by atoms with Crippen molar-refractivity contribution in [1.82, 2.24) is 14.7 Å². The molecule has 1 aromatic heterocycles. The quantitative estimate of drug-likeness (QED) is 0.815. The Morgan fingerprint density at radius 3 is 2.30 bits per heavy atom. The minimum atomic E-state index is -3.54. The Kier molecular flexibility index (Phi) is 5.96. The molecule has 0 atom stereocenters. The average Bonchev–Trinajstić information content (AvgIpc) is 2.67. The molecule has 7 nitrogen and oxygen atoms in total. The van der Waals surface area contributed by atoms with Crippen LogP contribution in [0.3, 0.4) is 0 Å². The van der Waals surface area contributed by atoms with Crippen molar-refractivity contribution < 1.29 is 13.2 Å². The van der Waals surface area contributed by atoms with Gasteiger partial charge in [0, 0.05) is 32.0 Å². The van der Waals surface area contributed by atoms with E-state index in [1.165, 1.54) is 0 Å². The third kappa shape index (κ3) is 4.56. The Bertz CT molecular complexity index is 856. The Hall–Kier alpha value is -2.19. The molecule has 1 aliphatic rings. The Labute approximate surface area is 160 Å². The predicted molar refractivity (Wildman–Crippen MR) is 105 cm³/mol. The van der Waals surface area contributed by atoms with Crippen LogP contribution in [-0.2, 0) is 10.0 Å². The lowest BCUT2D eigenvalue weighted by Crippen LogP contribution is -2.39. The number of anilines is 1. The van der Waals surface area contributed by atoms with Gasteiger partial charge in [0.25, 0.3) is 0 Å². The molecule has 0 amide bonds. The molecule has 1 N–H and O–H groups in total. The topological polar surface area (TPSA) is 84.4 Å². The second kappa shape index (κ2) is 8.22. The van der Waals surface area contributed by atoms with Crippen molar-refractivity contribution in [1.29, 1.82) is 0 Å². The van der Waals surface area contributed by atoms with Gasteiger partial charge < -0.3 is 9.64 Å². The molecule has 0 unspecified atom stereocenters. The van der Waals surface area contributed by atoms with E-state index in [2.05, 4.69) is 19.6 Å². The highest BCUT2D eigenvalue weighted by Gasteiger charge is 2.23. The van der Waals surface area contributed by atoms with Crippen LogP contribution < -0.4 is 14.4 Å². The molecule has 1 aliphatic heterocycles. The summed E-state index contributed by atoms with van der Waals surface area (Å²) >= 11 is 0. The molecule has 3 rings (SSSR count). The van der Waals surface area contributed by atoms with Gasteiger partial charge in [-0.3, -0.25) is 0 Å². The van der Waals surface area contributed by atoms with Crippen LogP contribution in [0.5, 0.6) is 5.75 Å². The number of hydrogen-bond acceptors (Lipinski definition) is 6. The highest BCUT2D eigenvalue weighted by Crippen LogP contribution is 2.27. The number of nitrogens with zero attached hydrogens (tertiary/aromatic N) is 3. The van der Waals surface area contributed by atoms with Crippen LogP contribution in [0.2, 0.25) is 0 Å². The molecule has 0 spiro atoms. The van der Waals surface area contributed by atoms with Crippen LogP contribution in [0.4, 0.5) is 5.95 Å². The molecular formula is C19H26N4O3S. The summed E-state index contributed by atoms with van der Waals surface area (Å²) in [6.45, 7) is 5.81. The minimum Gasteiger partial charge on any atom is -0.496 e. The molecule has 0 bridgehead atoms. The first-order valence-electron chi connectivity index (χ1n) is 9.07. The third-order valence-corrected chi connectivity index (χ3v) is 6.36. The summed E-state index contributed by atoms with van der Waals surface area (Å²) in [5.74, 6) is 1.77. The molecule has 0 radical (unpaired) electrons. The predicted octanol–water partition coefficient (Wildman–Crippen LogP) is 2.30. The summed E-state index contributed by atoms with van der Waals surface area (Å²) in [5, 5.41) is 0. The van der Waals surface area contributed by atoms with Gasteiger partial charge in [-0.05, 0) is 61.9 Å². The van der Waals surface area contributed by atoms with E-state index in [1.807, 2.05) is 13.8 Å². The van der Waals surface area contributed by atoms with Crippen molar-refractivity contribution in [2.24, 2.45) is 5.92 Å². The van der Waals surface area contributed by atoms with Crippen LogP contribution >= 0.6 is 0 Å². The van der Waals surface area contributed by atoms with Gasteiger partial charge >= 0.3 is 0 Å². The Balaban J connectivity index is 1.59. The molecular weight excluding hydrogens is 364 g/mol. The van der Waals surface area contributed by atoms with Gasteiger partial charge in [0.05, 0.1) is 12.0 Å². The number of sulfonamides is 1. The van der Waals surface area contributed by atoms with Gasteiger partial charge in [0.15, 0.2) is 0 Å². The van der Waals surface area contributed by atoms with Gasteiger partial charge in [0.2, 0.25) is 16.0 Å². The van der Waals surface area contributed by atoms with E-state index >= 15 is 0 Å². The summed E-state index contributed by atoms with van der Waals surface area (Å²) in [4.78, 5) is 11.0. The van der Waals surface area contributed by atoms with Crippen LogP contribution in [0.15, 0.2) is 35.5 Å². The average molecular weight is 391 g/mol. The maximum Gasteiger partial charge on any atom is 0.240 e. The summed E-state index contributed by atoms with van der Waals surface area (Å²) in [7, 11) is -1.95. The van der Waals surface area contributed by atoms with Crippen molar-refractivity contribution in [3.8, 4) is 5.75 Å². The molecule has 1 aromatic carbocycles. The Morgan fingerprint density at radius 1 is 1.15 bits per heavy atom. The number of benzene rings is 1. The van der Waals surface area contributed by atoms with Crippen molar-refractivity contribution >= 4 is 16.0 Å². The molecule has 1 fully saturated rings. The minimum absolute atomic E-state index is 0.286. The van der Waals surface area contributed by atoms with Crippen molar-refractivity contribution in [2.75, 3.05) is 31.6 Å².